The summed E-state index contributed by atoms with van der Waals surface area (Å²) in [6, 6.07) is 6.81. The predicted molar refractivity (Wildman–Crippen MR) is 78.8 cm³/mol. The van der Waals surface area contributed by atoms with Crippen LogP contribution >= 0.6 is 0 Å². The van der Waals surface area contributed by atoms with Crippen LogP contribution < -0.4 is 0 Å². The van der Waals surface area contributed by atoms with Crippen molar-refractivity contribution in [3.05, 3.63) is 29.8 Å². The SMILES string of the molecule is CCC1CCCCCN1S(=O)(=O)c1ccccc1CO. The molecule has 20 heavy (non-hydrogen) atoms. The smallest absolute Gasteiger partial charge is 0.243 e. The van der Waals surface area contributed by atoms with E-state index in [1.165, 1.54) is 0 Å². The van der Waals surface area contributed by atoms with Crippen LogP contribution in [0.3, 0.4) is 0 Å². The van der Waals surface area contributed by atoms with E-state index in [1.807, 2.05) is 6.92 Å². The molecule has 0 bridgehead atoms. The molecule has 1 aromatic rings. The van der Waals surface area contributed by atoms with Crippen LogP contribution in [0.4, 0.5) is 0 Å². The fraction of sp³-hybridized carbons (Fsp3) is 0.600. The van der Waals surface area contributed by atoms with Gasteiger partial charge in [-0.3, -0.25) is 0 Å². The molecule has 0 aliphatic carbocycles. The van der Waals surface area contributed by atoms with Crippen molar-refractivity contribution in [2.24, 2.45) is 0 Å². The second-order valence-electron chi connectivity index (χ2n) is 5.29. The lowest BCUT2D eigenvalue weighted by molar-refractivity contribution is 0.276. The Balaban J connectivity index is 2.41. The Morgan fingerprint density at radius 3 is 2.70 bits per heavy atom. The fourth-order valence-electron chi connectivity index (χ4n) is 2.89. The van der Waals surface area contributed by atoms with Gasteiger partial charge in [0.1, 0.15) is 0 Å². The van der Waals surface area contributed by atoms with Crippen LogP contribution in [0.5, 0.6) is 0 Å². The fourth-order valence-corrected chi connectivity index (χ4v) is 4.87. The Labute approximate surface area is 121 Å². The second-order valence-corrected chi connectivity index (χ2v) is 7.15. The number of nitrogens with zero attached hydrogens (tertiary/aromatic N) is 1. The van der Waals surface area contributed by atoms with Crippen LogP contribution in [0.15, 0.2) is 29.2 Å². The van der Waals surface area contributed by atoms with E-state index in [2.05, 4.69) is 0 Å². The number of benzene rings is 1. The van der Waals surface area contributed by atoms with Gasteiger partial charge in [-0.15, -0.1) is 0 Å². The first-order valence-electron chi connectivity index (χ1n) is 7.32. The molecule has 1 aliphatic heterocycles. The van der Waals surface area contributed by atoms with Gasteiger partial charge >= 0.3 is 0 Å². The summed E-state index contributed by atoms with van der Waals surface area (Å²) in [5.41, 5.74) is 0.478. The molecule has 1 unspecified atom stereocenters. The summed E-state index contributed by atoms with van der Waals surface area (Å²) < 4.78 is 27.5. The van der Waals surface area contributed by atoms with Crippen molar-refractivity contribution >= 4 is 10.0 Å². The quantitative estimate of drug-likeness (QED) is 0.929. The van der Waals surface area contributed by atoms with E-state index in [0.29, 0.717) is 12.1 Å². The van der Waals surface area contributed by atoms with Gasteiger partial charge in [0.05, 0.1) is 11.5 Å². The van der Waals surface area contributed by atoms with E-state index >= 15 is 0 Å². The Bertz CT molecular complexity index is 542. The molecule has 1 fully saturated rings. The number of aliphatic hydroxyl groups is 1. The predicted octanol–water partition coefficient (Wildman–Crippen LogP) is 2.52. The molecular weight excluding hydrogens is 274 g/mol. The lowest BCUT2D eigenvalue weighted by Crippen LogP contribution is -2.40. The number of hydrogen-bond acceptors (Lipinski definition) is 3. The third-order valence-electron chi connectivity index (χ3n) is 4.02. The maximum absolute atomic E-state index is 12.9. The van der Waals surface area contributed by atoms with E-state index in [4.69, 9.17) is 0 Å². The zero-order valence-corrected chi connectivity index (χ0v) is 12.8. The number of hydrogen-bond donors (Lipinski definition) is 1. The molecule has 0 aromatic heterocycles. The zero-order chi connectivity index (χ0) is 14.6. The molecular formula is C15H23NO3S. The second kappa shape index (κ2) is 6.70. The van der Waals surface area contributed by atoms with Crippen molar-refractivity contribution in [2.45, 2.75) is 56.6 Å². The molecule has 0 saturated carbocycles. The van der Waals surface area contributed by atoms with Crippen molar-refractivity contribution in [1.29, 1.82) is 0 Å². The summed E-state index contributed by atoms with van der Waals surface area (Å²) in [7, 11) is -3.52. The van der Waals surface area contributed by atoms with Gasteiger partial charge < -0.3 is 5.11 Å². The first-order chi connectivity index (χ1) is 9.61. The van der Waals surface area contributed by atoms with E-state index in [9.17, 15) is 13.5 Å². The summed E-state index contributed by atoms with van der Waals surface area (Å²) in [5.74, 6) is 0. The monoisotopic (exact) mass is 297 g/mol. The van der Waals surface area contributed by atoms with E-state index < -0.39 is 10.0 Å². The van der Waals surface area contributed by atoms with Gasteiger partial charge in [-0.2, -0.15) is 4.31 Å². The molecule has 2 rings (SSSR count). The van der Waals surface area contributed by atoms with Gasteiger partial charge in [0.25, 0.3) is 0 Å². The first kappa shape index (κ1) is 15.5. The maximum atomic E-state index is 12.9. The van der Waals surface area contributed by atoms with Gasteiger partial charge in [0.15, 0.2) is 0 Å². The van der Waals surface area contributed by atoms with Gasteiger partial charge in [-0.05, 0) is 30.9 Å². The van der Waals surface area contributed by atoms with E-state index in [1.54, 1.807) is 28.6 Å². The highest BCUT2D eigenvalue weighted by Crippen LogP contribution is 2.28. The molecule has 1 saturated heterocycles. The summed E-state index contributed by atoms with van der Waals surface area (Å²) in [6.45, 7) is 2.37. The van der Waals surface area contributed by atoms with Crippen molar-refractivity contribution < 1.29 is 13.5 Å². The van der Waals surface area contributed by atoms with Gasteiger partial charge in [0, 0.05) is 12.6 Å². The van der Waals surface area contributed by atoms with E-state index in [-0.39, 0.29) is 17.5 Å². The molecule has 0 amide bonds. The normalized spacial score (nSPS) is 21.6. The molecule has 1 aliphatic rings. The highest BCUT2D eigenvalue weighted by Gasteiger charge is 2.32. The third-order valence-corrected chi connectivity index (χ3v) is 6.08. The minimum absolute atomic E-state index is 0.0780. The number of aliphatic hydroxyl groups excluding tert-OH is 1. The number of rotatable bonds is 4. The molecule has 0 radical (unpaired) electrons. The van der Waals surface area contributed by atoms with Crippen molar-refractivity contribution in [2.75, 3.05) is 6.54 Å². The average molecular weight is 297 g/mol. The lowest BCUT2D eigenvalue weighted by Gasteiger charge is -2.29. The molecule has 5 heteroatoms. The van der Waals surface area contributed by atoms with Crippen LogP contribution in [0.2, 0.25) is 0 Å². The summed E-state index contributed by atoms with van der Waals surface area (Å²) in [6.07, 6.45) is 4.85. The maximum Gasteiger partial charge on any atom is 0.243 e. The third kappa shape index (κ3) is 3.05. The molecule has 1 N–H and O–H groups in total. The van der Waals surface area contributed by atoms with Gasteiger partial charge in [-0.25, -0.2) is 8.42 Å². The minimum atomic E-state index is -3.52. The van der Waals surface area contributed by atoms with Crippen LogP contribution in [-0.2, 0) is 16.6 Å². The largest absolute Gasteiger partial charge is 0.392 e. The summed E-state index contributed by atoms with van der Waals surface area (Å²) >= 11 is 0. The highest BCUT2D eigenvalue weighted by molar-refractivity contribution is 7.89. The Hall–Kier alpha value is -0.910. The zero-order valence-electron chi connectivity index (χ0n) is 12.0. The summed E-state index contributed by atoms with van der Waals surface area (Å²) in [5, 5.41) is 9.38. The van der Waals surface area contributed by atoms with Crippen LogP contribution in [-0.4, -0.2) is 30.4 Å². The van der Waals surface area contributed by atoms with Crippen molar-refractivity contribution in [1.82, 2.24) is 4.31 Å². The molecule has 1 heterocycles. The molecule has 1 atom stereocenters. The Morgan fingerprint density at radius 2 is 2.00 bits per heavy atom. The van der Waals surface area contributed by atoms with E-state index in [0.717, 1.165) is 32.1 Å². The standard InChI is InChI=1S/C15H23NO3S/c1-2-14-9-4-3-7-11-16(14)20(18,19)15-10-6-5-8-13(15)12-17/h5-6,8,10,14,17H,2-4,7,9,11-12H2,1H3. The first-order valence-corrected chi connectivity index (χ1v) is 8.76. The van der Waals surface area contributed by atoms with Crippen molar-refractivity contribution in [3.8, 4) is 0 Å². The molecule has 0 spiro atoms. The average Bonchev–Trinajstić information content (AvgIpc) is 2.72. The Kier molecular flexibility index (Phi) is 5.18. The molecule has 112 valence electrons. The highest BCUT2D eigenvalue weighted by atomic mass is 32.2. The summed E-state index contributed by atoms with van der Waals surface area (Å²) in [4.78, 5) is 0.253. The number of sulfonamides is 1. The Morgan fingerprint density at radius 1 is 1.25 bits per heavy atom. The van der Waals surface area contributed by atoms with Crippen LogP contribution in [0, 0.1) is 0 Å². The van der Waals surface area contributed by atoms with Crippen LogP contribution in [0.25, 0.3) is 0 Å². The van der Waals surface area contributed by atoms with Gasteiger partial charge in [0.2, 0.25) is 10.0 Å². The topological polar surface area (TPSA) is 57.6 Å². The molecule has 4 nitrogen and oxygen atoms in total. The van der Waals surface area contributed by atoms with Gasteiger partial charge in [-0.1, -0.05) is 38.0 Å². The van der Waals surface area contributed by atoms with Crippen molar-refractivity contribution in [3.63, 3.8) is 0 Å². The molecule has 1 aromatic carbocycles. The minimum Gasteiger partial charge on any atom is -0.392 e. The van der Waals surface area contributed by atoms with Crippen LogP contribution in [0.1, 0.15) is 44.6 Å². The lowest BCUT2D eigenvalue weighted by atomic mass is 10.1.